The molecule has 0 unspecified atom stereocenters. The van der Waals surface area contributed by atoms with Crippen molar-refractivity contribution in [3.05, 3.63) is 35.4 Å². The number of halogens is 2. The Bertz CT molecular complexity index is 1500. The van der Waals surface area contributed by atoms with E-state index in [4.69, 9.17) is 19.4 Å². The van der Waals surface area contributed by atoms with Crippen LogP contribution >= 0.6 is 11.8 Å². The number of hydrogen-bond donors (Lipinski definition) is 4. The second kappa shape index (κ2) is 10.5. The lowest BCUT2D eigenvalue weighted by Gasteiger charge is -2.17. The van der Waals surface area contributed by atoms with E-state index < -0.39 is 54.9 Å². The highest BCUT2D eigenvalue weighted by Crippen LogP contribution is 2.44. The number of nitrogens with zero attached hydrogens (tertiary/aromatic N) is 5. The number of anilines is 1. The summed E-state index contributed by atoms with van der Waals surface area (Å²) in [5.74, 6) is -2.20. The van der Waals surface area contributed by atoms with Crippen LogP contribution in [-0.4, -0.2) is 83.6 Å². The van der Waals surface area contributed by atoms with E-state index in [-0.39, 0.29) is 65.5 Å². The summed E-state index contributed by atoms with van der Waals surface area (Å²) in [4.78, 5) is 8.58. The molecule has 2 heterocycles. The fraction of sp³-hybridized carbons (Fsp3) is 0.565. The van der Waals surface area contributed by atoms with Gasteiger partial charge in [0.15, 0.2) is 33.8 Å². The molecule has 3 aromatic rings. The van der Waals surface area contributed by atoms with Crippen LogP contribution in [0.1, 0.15) is 53.2 Å². The van der Waals surface area contributed by atoms with Crippen molar-refractivity contribution in [2.45, 2.75) is 67.5 Å². The molecule has 13 heteroatoms. The van der Waals surface area contributed by atoms with Crippen LogP contribution in [0.25, 0.3) is 11.2 Å². The van der Waals surface area contributed by atoms with Gasteiger partial charge in [0.05, 0.1) is 25.4 Å². The molecule has 2 fully saturated rings. The minimum atomic E-state index is -3.32. The third-order valence-corrected chi connectivity index (χ3v) is 6.89. The standard InChI is InChI=1S/C23H28F2N6O4S/c1-2-7-36-23-27-21(26-15-9-12(15)11-3-4-13(24)14(25)8-11)18-22(28-23)31(30-29-18)16-10-17(35-6-5-32)20(34)19(16)33/h3-4,8,12,15-17,19-20,32-34H,2,5-7,9-10H2,1H3,(H,26,27,28)/t12-,15+,16+,17-,19-,20+/m1/s1/i1D3,2D2,7D2. The van der Waals surface area contributed by atoms with E-state index in [0.29, 0.717) is 12.0 Å². The summed E-state index contributed by atoms with van der Waals surface area (Å²) < 4.78 is 88.8. The van der Waals surface area contributed by atoms with Gasteiger partial charge in [-0.05, 0) is 30.5 Å². The number of aliphatic hydroxyl groups excluding tert-OH is 3. The average molecular weight is 530 g/mol. The zero-order valence-electron chi connectivity index (χ0n) is 25.7. The normalized spacial score (nSPS) is 31.6. The maximum Gasteiger partial charge on any atom is 0.191 e. The van der Waals surface area contributed by atoms with Crippen molar-refractivity contribution < 1.29 is 38.4 Å². The fourth-order valence-electron chi connectivity index (χ4n) is 4.47. The van der Waals surface area contributed by atoms with E-state index in [1.807, 2.05) is 0 Å². The van der Waals surface area contributed by atoms with Crippen LogP contribution in [0, 0.1) is 11.6 Å². The van der Waals surface area contributed by atoms with Crippen LogP contribution < -0.4 is 5.32 Å². The van der Waals surface area contributed by atoms with E-state index in [2.05, 4.69) is 25.6 Å². The first-order valence-electron chi connectivity index (χ1n) is 14.7. The molecular weight excluding hydrogens is 494 g/mol. The molecular formula is C23H28F2N6O4S. The second-order valence-corrected chi connectivity index (χ2v) is 9.35. The smallest absolute Gasteiger partial charge is 0.191 e. The predicted molar refractivity (Wildman–Crippen MR) is 128 cm³/mol. The van der Waals surface area contributed by atoms with Gasteiger partial charge in [-0.3, -0.25) is 0 Å². The number of ether oxygens (including phenoxy) is 1. The Hall–Kier alpha value is -2.45. The lowest BCUT2D eigenvalue weighted by atomic mass is 10.1. The van der Waals surface area contributed by atoms with Gasteiger partial charge < -0.3 is 25.4 Å². The Balaban J connectivity index is 1.51. The molecule has 0 saturated heterocycles. The Labute approximate surface area is 219 Å². The molecule has 2 aromatic heterocycles. The molecule has 10 nitrogen and oxygen atoms in total. The summed E-state index contributed by atoms with van der Waals surface area (Å²) in [7, 11) is 0. The molecule has 0 spiro atoms. The van der Waals surface area contributed by atoms with E-state index in [0.717, 1.165) is 12.1 Å². The van der Waals surface area contributed by atoms with Crippen LogP contribution in [0.3, 0.4) is 0 Å². The third-order valence-electron chi connectivity index (χ3n) is 6.32. The zero-order chi connectivity index (χ0) is 31.5. The first-order chi connectivity index (χ1) is 20.1. The van der Waals surface area contributed by atoms with Gasteiger partial charge in [0.2, 0.25) is 0 Å². The van der Waals surface area contributed by atoms with E-state index >= 15 is 0 Å². The molecule has 6 atom stereocenters. The van der Waals surface area contributed by atoms with Crippen molar-refractivity contribution in [1.29, 1.82) is 0 Å². The number of aliphatic hydroxyl groups is 3. The van der Waals surface area contributed by atoms with Gasteiger partial charge in [-0.15, -0.1) is 5.10 Å². The minimum Gasteiger partial charge on any atom is -0.394 e. The number of benzene rings is 1. The molecule has 194 valence electrons. The first-order valence-corrected chi connectivity index (χ1v) is 12.0. The summed E-state index contributed by atoms with van der Waals surface area (Å²) >= 11 is 0.136. The molecule has 5 rings (SSSR count). The van der Waals surface area contributed by atoms with Gasteiger partial charge in [-0.2, -0.15) is 0 Å². The summed E-state index contributed by atoms with van der Waals surface area (Å²) in [6, 6.07) is 2.29. The van der Waals surface area contributed by atoms with Crippen molar-refractivity contribution >= 4 is 28.7 Å². The summed E-state index contributed by atoms with van der Waals surface area (Å²) in [6.07, 6.45) is -6.37. The van der Waals surface area contributed by atoms with Crippen molar-refractivity contribution in [1.82, 2.24) is 25.0 Å². The average Bonchev–Trinajstić information content (AvgIpc) is 3.47. The lowest BCUT2D eigenvalue weighted by molar-refractivity contribution is -0.0629. The maximum atomic E-state index is 13.8. The van der Waals surface area contributed by atoms with Crippen LogP contribution in [-0.2, 0) is 4.74 Å². The van der Waals surface area contributed by atoms with Crippen LogP contribution in [0.15, 0.2) is 23.4 Å². The molecule has 4 N–H and O–H groups in total. The number of fused-ring (bicyclic) bond motifs is 1. The lowest BCUT2D eigenvalue weighted by Crippen LogP contribution is -2.33. The predicted octanol–water partition coefficient (Wildman–Crippen LogP) is 2.01. The fourth-order valence-corrected chi connectivity index (χ4v) is 4.88. The van der Waals surface area contributed by atoms with E-state index in [1.54, 1.807) is 0 Å². The van der Waals surface area contributed by atoms with Crippen LogP contribution in [0.5, 0.6) is 0 Å². The van der Waals surface area contributed by atoms with Gasteiger partial charge in [0.25, 0.3) is 0 Å². The van der Waals surface area contributed by atoms with Gasteiger partial charge in [-0.25, -0.2) is 23.4 Å². The van der Waals surface area contributed by atoms with Gasteiger partial charge in [0.1, 0.15) is 12.2 Å². The van der Waals surface area contributed by atoms with Crippen LogP contribution in [0.4, 0.5) is 14.6 Å². The monoisotopic (exact) mass is 529 g/mol. The second-order valence-electron chi connectivity index (χ2n) is 8.57. The SMILES string of the molecule is [2H]C([2H])([2H])C([2H])([2H])C([2H])([2H])Sc1nc(N[C@H]2C[C@@H]2c2ccc(F)c(F)c2)c2nnn([C@H]3C[C@@H](OCCO)[C@H](O)[C@@H]3O)c2n1. The zero-order valence-corrected chi connectivity index (χ0v) is 19.5. The Morgan fingerprint density at radius 3 is 2.89 bits per heavy atom. The number of rotatable bonds is 10. The number of thioether (sulfide) groups is 1. The molecule has 2 aliphatic carbocycles. The van der Waals surface area contributed by atoms with E-state index in [9.17, 15) is 19.0 Å². The maximum absolute atomic E-state index is 13.8. The molecule has 2 aliphatic rings. The quantitative estimate of drug-likeness (QED) is 0.228. The molecule has 0 radical (unpaired) electrons. The highest BCUT2D eigenvalue weighted by molar-refractivity contribution is 7.99. The Morgan fingerprint density at radius 2 is 2.11 bits per heavy atom. The Kier molecular flexibility index (Phi) is 5.22. The van der Waals surface area contributed by atoms with Crippen molar-refractivity contribution in [3.8, 4) is 0 Å². The van der Waals surface area contributed by atoms with E-state index in [1.165, 1.54) is 10.7 Å². The summed E-state index contributed by atoms with van der Waals surface area (Å²) in [5, 5.41) is 41.3. The molecule has 1 aromatic carbocycles. The first kappa shape index (κ1) is 17.9. The number of aromatic nitrogens is 5. The largest absolute Gasteiger partial charge is 0.394 e. The van der Waals surface area contributed by atoms with Crippen LogP contribution in [0.2, 0.25) is 0 Å². The number of nitrogens with one attached hydrogen (secondary N) is 1. The molecule has 0 amide bonds. The van der Waals surface area contributed by atoms with Crippen molar-refractivity contribution in [2.24, 2.45) is 0 Å². The highest BCUT2D eigenvalue weighted by Gasteiger charge is 2.45. The topological polar surface area (TPSA) is 138 Å². The number of hydrogen-bond acceptors (Lipinski definition) is 10. The van der Waals surface area contributed by atoms with Gasteiger partial charge in [-0.1, -0.05) is 29.9 Å². The molecule has 36 heavy (non-hydrogen) atoms. The van der Waals surface area contributed by atoms with Gasteiger partial charge >= 0.3 is 0 Å². The third kappa shape index (κ3) is 4.90. The molecule has 0 bridgehead atoms. The van der Waals surface area contributed by atoms with Crippen molar-refractivity contribution in [3.63, 3.8) is 0 Å². The summed E-state index contributed by atoms with van der Waals surface area (Å²) in [6.45, 7) is -3.72. The Morgan fingerprint density at radius 1 is 1.25 bits per heavy atom. The van der Waals surface area contributed by atoms with Crippen molar-refractivity contribution in [2.75, 3.05) is 24.2 Å². The summed E-state index contributed by atoms with van der Waals surface area (Å²) in [5.41, 5.74) is -2.48. The van der Waals surface area contributed by atoms with Gasteiger partial charge in [0, 0.05) is 33.7 Å². The minimum absolute atomic E-state index is 0.0280. The molecule has 2 saturated carbocycles. The molecule has 0 aliphatic heterocycles. The highest BCUT2D eigenvalue weighted by atomic mass is 32.2.